The third kappa shape index (κ3) is 3.87. The lowest BCUT2D eigenvalue weighted by molar-refractivity contribution is -0.137. The highest BCUT2D eigenvalue weighted by Gasteiger charge is 2.30. The number of rotatable bonds is 6. The Morgan fingerprint density at radius 3 is 2.73 bits per heavy atom. The number of nitrogens with two attached hydrogens (primary N) is 1. The van der Waals surface area contributed by atoms with Gasteiger partial charge in [-0.1, -0.05) is 25.8 Å². The molecular weight excluding hydrogens is 345 g/mol. The smallest absolute Gasteiger partial charge is 0.368 e. The molecule has 0 unspecified atom stereocenters. The second-order valence-electron chi connectivity index (χ2n) is 5.93. The van der Waals surface area contributed by atoms with Gasteiger partial charge in [0.25, 0.3) is 0 Å². The summed E-state index contributed by atoms with van der Waals surface area (Å²) in [6.07, 6.45) is 0.0523. The van der Waals surface area contributed by atoms with Crippen molar-refractivity contribution in [2.75, 3.05) is 11.1 Å². The number of halogens is 3. The summed E-state index contributed by atoms with van der Waals surface area (Å²) in [6, 6.07) is 5.00. The molecule has 0 aliphatic carbocycles. The van der Waals surface area contributed by atoms with Gasteiger partial charge in [0.1, 0.15) is 5.52 Å². The molecule has 0 amide bonds. The number of aryl methyl sites for hydroxylation is 1. The maximum absolute atomic E-state index is 12.9. The summed E-state index contributed by atoms with van der Waals surface area (Å²) in [5, 5.41) is 2.96. The Labute approximate surface area is 148 Å². The van der Waals surface area contributed by atoms with Crippen LogP contribution < -0.4 is 11.1 Å². The molecule has 3 rings (SSSR count). The number of fused-ring (bicyclic) bond motifs is 1. The first-order valence-electron chi connectivity index (χ1n) is 8.31. The third-order valence-electron chi connectivity index (χ3n) is 3.94. The van der Waals surface area contributed by atoms with Crippen LogP contribution >= 0.6 is 0 Å². The number of benzene rings is 1. The van der Waals surface area contributed by atoms with Crippen molar-refractivity contribution < 1.29 is 13.2 Å². The molecule has 0 saturated carbocycles. The fraction of sp³-hybridized carbons (Fsp3) is 0.353. The van der Waals surface area contributed by atoms with Gasteiger partial charge < -0.3 is 11.1 Å². The zero-order chi connectivity index (χ0) is 18.7. The van der Waals surface area contributed by atoms with Crippen LogP contribution in [0.2, 0.25) is 0 Å². The zero-order valence-electron chi connectivity index (χ0n) is 14.2. The summed E-state index contributed by atoms with van der Waals surface area (Å²) < 4.78 is 40.6. The van der Waals surface area contributed by atoms with Crippen LogP contribution in [-0.2, 0) is 12.7 Å². The van der Waals surface area contributed by atoms with Crippen molar-refractivity contribution in [2.45, 2.75) is 38.9 Å². The van der Waals surface area contributed by atoms with Crippen LogP contribution in [0.3, 0.4) is 0 Å². The molecule has 0 bridgehead atoms. The maximum Gasteiger partial charge on any atom is 0.416 e. The Morgan fingerprint density at radius 1 is 1.19 bits per heavy atom. The van der Waals surface area contributed by atoms with Crippen molar-refractivity contribution in [3.8, 4) is 0 Å². The van der Waals surface area contributed by atoms with Gasteiger partial charge in [-0.05, 0) is 24.6 Å². The predicted molar refractivity (Wildman–Crippen MR) is 94.0 cm³/mol. The molecule has 0 spiro atoms. The van der Waals surface area contributed by atoms with E-state index in [1.54, 1.807) is 6.07 Å². The van der Waals surface area contributed by atoms with Crippen LogP contribution in [0.4, 0.5) is 30.8 Å². The molecular formula is C17H19F3N6. The Hall–Kier alpha value is -2.84. The number of anilines is 3. The van der Waals surface area contributed by atoms with Gasteiger partial charge >= 0.3 is 6.18 Å². The molecule has 0 aliphatic heterocycles. The second-order valence-corrected chi connectivity index (χ2v) is 5.93. The van der Waals surface area contributed by atoms with Gasteiger partial charge in [-0.25, -0.2) is 9.97 Å². The van der Waals surface area contributed by atoms with E-state index in [9.17, 15) is 13.2 Å². The number of unbranched alkanes of at least 4 members (excludes halogenated alkanes) is 2. The number of alkyl halides is 3. The van der Waals surface area contributed by atoms with Crippen molar-refractivity contribution in [2.24, 2.45) is 0 Å². The average Bonchev–Trinajstić information content (AvgIpc) is 2.91. The first-order chi connectivity index (χ1) is 12.4. The van der Waals surface area contributed by atoms with Gasteiger partial charge in [0.15, 0.2) is 5.65 Å². The van der Waals surface area contributed by atoms with Crippen LogP contribution in [0.25, 0.3) is 11.2 Å². The number of nitrogens with zero attached hydrogens (tertiary/aromatic N) is 4. The number of nitrogens with one attached hydrogen (secondary N) is 1. The molecule has 0 aliphatic rings. The van der Waals surface area contributed by atoms with E-state index in [-0.39, 0.29) is 5.95 Å². The summed E-state index contributed by atoms with van der Waals surface area (Å²) in [5.41, 5.74) is 6.34. The Balaban J connectivity index is 1.97. The topological polar surface area (TPSA) is 81.7 Å². The SMILES string of the molecule is CCCCCn1c(Nc2cccc(C(F)(F)F)c2)nc2cnc(N)nc21. The van der Waals surface area contributed by atoms with E-state index in [2.05, 4.69) is 27.2 Å². The molecule has 2 aromatic heterocycles. The molecule has 138 valence electrons. The largest absolute Gasteiger partial charge is 0.416 e. The standard InChI is InChI=1S/C17H19F3N6/c1-2-3-4-8-26-14-13(10-22-15(21)25-14)24-16(26)23-12-7-5-6-11(9-12)17(18,19)20/h5-7,9-10H,2-4,8H2,1H3,(H,23,24)(H2,21,22,25). The van der Waals surface area contributed by atoms with E-state index in [0.29, 0.717) is 29.3 Å². The lowest BCUT2D eigenvalue weighted by Crippen LogP contribution is -2.08. The molecule has 0 radical (unpaired) electrons. The lowest BCUT2D eigenvalue weighted by Gasteiger charge is -2.12. The van der Waals surface area contributed by atoms with Gasteiger partial charge in [0.05, 0.1) is 11.8 Å². The molecule has 0 fully saturated rings. The Kier molecular flexibility index (Phi) is 4.97. The second kappa shape index (κ2) is 7.19. The van der Waals surface area contributed by atoms with Gasteiger partial charge in [-0.3, -0.25) is 4.57 Å². The minimum atomic E-state index is -4.40. The van der Waals surface area contributed by atoms with Crippen LogP contribution in [0.1, 0.15) is 31.7 Å². The minimum Gasteiger partial charge on any atom is -0.368 e. The van der Waals surface area contributed by atoms with Crippen molar-refractivity contribution in [1.29, 1.82) is 0 Å². The summed E-state index contributed by atoms with van der Waals surface area (Å²) in [7, 11) is 0. The van der Waals surface area contributed by atoms with Gasteiger partial charge in [-0.15, -0.1) is 0 Å². The van der Waals surface area contributed by atoms with E-state index < -0.39 is 11.7 Å². The molecule has 2 heterocycles. The average molecular weight is 364 g/mol. The van der Waals surface area contributed by atoms with E-state index >= 15 is 0 Å². The predicted octanol–water partition coefficient (Wildman–Crippen LogP) is 4.36. The lowest BCUT2D eigenvalue weighted by atomic mass is 10.2. The van der Waals surface area contributed by atoms with Gasteiger partial charge in [0, 0.05) is 12.2 Å². The number of imidazole rings is 1. The summed E-state index contributed by atoms with van der Waals surface area (Å²) in [5.74, 6) is 0.537. The van der Waals surface area contributed by atoms with Crippen LogP contribution in [0, 0.1) is 0 Å². The zero-order valence-corrected chi connectivity index (χ0v) is 14.2. The van der Waals surface area contributed by atoms with E-state index in [0.717, 1.165) is 31.4 Å². The molecule has 26 heavy (non-hydrogen) atoms. The molecule has 1 aromatic carbocycles. The summed E-state index contributed by atoms with van der Waals surface area (Å²) >= 11 is 0. The van der Waals surface area contributed by atoms with Crippen LogP contribution in [0.15, 0.2) is 30.5 Å². The molecule has 3 aromatic rings. The monoisotopic (exact) mass is 364 g/mol. The number of hydrogen-bond donors (Lipinski definition) is 2. The molecule has 6 nitrogen and oxygen atoms in total. The molecule has 0 saturated heterocycles. The first kappa shape index (κ1) is 18.0. The number of nitrogen functional groups attached to an aromatic ring is 1. The number of hydrogen-bond acceptors (Lipinski definition) is 5. The van der Waals surface area contributed by atoms with E-state index in [1.165, 1.54) is 12.3 Å². The van der Waals surface area contributed by atoms with Crippen molar-refractivity contribution in [1.82, 2.24) is 19.5 Å². The summed E-state index contributed by atoms with van der Waals surface area (Å²) in [6.45, 7) is 2.72. The quantitative estimate of drug-likeness (QED) is 0.635. The van der Waals surface area contributed by atoms with Crippen LogP contribution in [-0.4, -0.2) is 19.5 Å². The van der Waals surface area contributed by atoms with Crippen molar-refractivity contribution in [3.05, 3.63) is 36.0 Å². The minimum absolute atomic E-state index is 0.125. The highest BCUT2D eigenvalue weighted by molar-refractivity contribution is 5.76. The first-order valence-corrected chi connectivity index (χ1v) is 8.31. The Morgan fingerprint density at radius 2 is 2.00 bits per heavy atom. The fourth-order valence-electron chi connectivity index (χ4n) is 2.66. The van der Waals surface area contributed by atoms with E-state index in [1.807, 2.05) is 4.57 Å². The number of aromatic nitrogens is 4. The Bertz CT molecular complexity index is 903. The molecule has 3 N–H and O–H groups in total. The summed E-state index contributed by atoms with van der Waals surface area (Å²) in [4.78, 5) is 12.6. The maximum atomic E-state index is 12.9. The van der Waals surface area contributed by atoms with Gasteiger partial charge in [-0.2, -0.15) is 18.2 Å². The highest BCUT2D eigenvalue weighted by atomic mass is 19.4. The fourth-order valence-corrected chi connectivity index (χ4v) is 2.66. The van der Waals surface area contributed by atoms with Crippen molar-refractivity contribution in [3.63, 3.8) is 0 Å². The highest BCUT2D eigenvalue weighted by Crippen LogP contribution is 2.31. The molecule has 0 atom stereocenters. The van der Waals surface area contributed by atoms with E-state index in [4.69, 9.17) is 5.73 Å². The van der Waals surface area contributed by atoms with Gasteiger partial charge in [0.2, 0.25) is 11.9 Å². The normalized spacial score (nSPS) is 11.8. The van der Waals surface area contributed by atoms with Crippen molar-refractivity contribution >= 4 is 28.7 Å². The van der Waals surface area contributed by atoms with Crippen LogP contribution in [0.5, 0.6) is 0 Å². The third-order valence-corrected chi connectivity index (χ3v) is 3.94. The molecule has 9 heteroatoms.